The van der Waals surface area contributed by atoms with Crippen LogP contribution in [0.2, 0.25) is 0 Å². The normalized spacial score (nSPS) is 11.6. The summed E-state index contributed by atoms with van der Waals surface area (Å²) in [4.78, 5) is 15.4. The standard InChI is InChI=1S/C51H33N5/c1-4-14-34(15-5-1)35-24-26-37(27-25-35)50-52-49(36-16-6-2-7-17-36)53-51(54-50)56-46-23-13-11-21-42(46)44-33-39(29-31-48(44)56)38-28-30-47-43(32-38)41-20-10-12-22-45(41)55(47)40-18-8-3-9-19-40/h1-33H. The van der Waals surface area contributed by atoms with Crippen LogP contribution in [0.5, 0.6) is 0 Å². The highest BCUT2D eigenvalue weighted by molar-refractivity contribution is 6.12. The summed E-state index contributed by atoms with van der Waals surface area (Å²) in [5, 5.41) is 4.75. The van der Waals surface area contributed by atoms with Crippen molar-refractivity contribution in [3.05, 3.63) is 200 Å². The lowest BCUT2D eigenvalue weighted by molar-refractivity contribution is 0.953. The molecule has 0 saturated heterocycles. The fourth-order valence-electron chi connectivity index (χ4n) is 8.13. The summed E-state index contributed by atoms with van der Waals surface area (Å²) in [6, 6.07) is 70.4. The van der Waals surface area contributed by atoms with Crippen LogP contribution in [0.1, 0.15) is 0 Å². The zero-order valence-electron chi connectivity index (χ0n) is 30.3. The van der Waals surface area contributed by atoms with Crippen molar-refractivity contribution in [3.8, 4) is 56.7 Å². The third-order valence-corrected chi connectivity index (χ3v) is 10.8. The molecule has 5 heteroatoms. The SMILES string of the molecule is c1ccc(-c2ccc(-c3nc(-c4ccccc4)nc(-n4c5ccccc5c5cc(-c6ccc7c(c6)c6ccccc6n7-c6ccccc6)ccc54)n3)cc2)cc1. The number of rotatable bonds is 6. The first-order valence-corrected chi connectivity index (χ1v) is 18.9. The van der Waals surface area contributed by atoms with Gasteiger partial charge in [-0.15, -0.1) is 0 Å². The van der Waals surface area contributed by atoms with Gasteiger partial charge in [-0.1, -0.05) is 152 Å². The Labute approximate surface area is 323 Å². The average Bonchev–Trinajstić information content (AvgIpc) is 3.79. The highest BCUT2D eigenvalue weighted by Crippen LogP contribution is 2.38. The van der Waals surface area contributed by atoms with E-state index in [1.165, 1.54) is 32.9 Å². The van der Waals surface area contributed by atoms with Crippen molar-refractivity contribution in [1.29, 1.82) is 0 Å². The van der Waals surface area contributed by atoms with Gasteiger partial charge in [0, 0.05) is 38.4 Å². The van der Waals surface area contributed by atoms with Crippen molar-refractivity contribution >= 4 is 43.6 Å². The molecule has 56 heavy (non-hydrogen) atoms. The Morgan fingerprint density at radius 2 is 0.661 bits per heavy atom. The first-order chi connectivity index (χ1) is 27.8. The number of benzene rings is 8. The Bertz CT molecular complexity index is 3220. The molecule has 3 heterocycles. The Morgan fingerprint density at radius 3 is 1.25 bits per heavy atom. The topological polar surface area (TPSA) is 48.5 Å². The van der Waals surface area contributed by atoms with Gasteiger partial charge in [-0.25, -0.2) is 4.98 Å². The molecule has 0 saturated carbocycles. The molecule has 0 fully saturated rings. The minimum Gasteiger partial charge on any atom is -0.309 e. The van der Waals surface area contributed by atoms with E-state index in [2.05, 4.69) is 173 Å². The van der Waals surface area contributed by atoms with Crippen LogP contribution in [0.3, 0.4) is 0 Å². The molecular weight excluding hydrogens is 683 g/mol. The quantitative estimate of drug-likeness (QED) is 0.172. The van der Waals surface area contributed by atoms with Gasteiger partial charge < -0.3 is 4.57 Å². The molecule has 0 atom stereocenters. The molecule has 0 spiro atoms. The fraction of sp³-hybridized carbons (Fsp3) is 0. The van der Waals surface area contributed by atoms with E-state index in [0.29, 0.717) is 17.6 Å². The van der Waals surface area contributed by atoms with E-state index in [-0.39, 0.29) is 0 Å². The maximum atomic E-state index is 5.18. The third kappa shape index (κ3) is 5.29. The van der Waals surface area contributed by atoms with Crippen LogP contribution >= 0.6 is 0 Å². The molecule has 0 N–H and O–H groups in total. The Morgan fingerprint density at radius 1 is 0.268 bits per heavy atom. The molecule has 0 bridgehead atoms. The first-order valence-electron chi connectivity index (χ1n) is 18.9. The van der Waals surface area contributed by atoms with Crippen molar-refractivity contribution in [2.45, 2.75) is 0 Å². The molecule has 8 aromatic carbocycles. The van der Waals surface area contributed by atoms with Crippen LogP contribution in [-0.2, 0) is 0 Å². The Hall–Kier alpha value is -7.63. The van der Waals surface area contributed by atoms with E-state index in [1.807, 2.05) is 36.4 Å². The summed E-state index contributed by atoms with van der Waals surface area (Å²) < 4.78 is 4.54. The zero-order valence-corrected chi connectivity index (χ0v) is 30.3. The summed E-state index contributed by atoms with van der Waals surface area (Å²) in [5.41, 5.74) is 12.1. The molecule has 11 aromatic rings. The summed E-state index contributed by atoms with van der Waals surface area (Å²) in [6.07, 6.45) is 0. The minimum absolute atomic E-state index is 0.579. The predicted molar refractivity (Wildman–Crippen MR) is 230 cm³/mol. The predicted octanol–water partition coefficient (Wildman–Crippen LogP) is 12.7. The number of hydrogen-bond acceptors (Lipinski definition) is 3. The van der Waals surface area contributed by atoms with E-state index in [0.717, 1.165) is 49.7 Å². The van der Waals surface area contributed by atoms with E-state index >= 15 is 0 Å². The molecule has 3 aromatic heterocycles. The highest BCUT2D eigenvalue weighted by Gasteiger charge is 2.19. The fourth-order valence-corrected chi connectivity index (χ4v) is 8.13. The van der Waals surface area contributed by atoms with Gasteiger partial charge >= 0.3 is 0 Å². The van der Waals surface area contributed by atoms with Crippen LogP contribution in [0.25, 0.3) is 100 Å². The van der Waals surface area contributed by atoms with Gasteiger partial charge in [0.25, 0.3) is 0 Å². The maximum absolute atomic E-state index is 5.18. The average molecular weight is 716 g/mol. The molecule has 11 rings (SSSR count). The number of nitrogens with zero attached hydrogens (tertiary/aromatic N) is 5. The minimum atomic E-state index is 0.579. The van der Waals surface area contributed by atoms with Gasteiger partial charge in [0.15, 0.2) is 11.6 Å². The third-order valence-electron chi connectivity index (χ3n) is 10.8. The molecule has 0 radical (unpaired) electrons. The van der Waals surface area contributed by atoms with Gasteiger partial charge in [-0.3, -0.25) is 4.57 Å². The van der Waals surface area contributed by atoms with Crippen molar-refractivity contribution in [2.75, 3.05) is 0 Å². The lowest BCUT2D eigenvalue weighted by atomic mass is 10.0. The van der Waals surface area contributed by atoms with Crippen LogP contribution in [0.15, 0.2) is 200 Å². The Balaban J connectivity index is 1.07. The van der Waals surface area contributed by atoms with Crippen molar-refractivity contribution < 1.29 is 0 Å². The molecular formula is C51H33N5. The van der Waals surface area contributed by atoms with Crippen LogP contribution in [0.4, 0.5) is 0 Å². The number of aromatic nitrogens is 5. The molecule has 5 nitrogen and oxygen atoms in total. The van der Waals surface area contributed by atoms with Crippen LogP contribution in [-0.4, -0.2) is 24.1 Å². The molecule has 0 aliphatic heterocycles. The Kier molecular flexibility index (Phi) is 7.42. The van der Waals surface area contributed by atoms with E-state index in [9.17, 15) is 0 Å². The monoisotopic (exact) mass is 715 g/mol. The van der Waals surface area contributed by atoms with Gasteiger partial charge in [0.05, 0.1) is 22.1 Å². The summed E-state index contributed by atoms with van der Waals surface area (Å²) in [5.74, 6) is 1.83. The second-order valence-corrected chi connectivity index (χ2v) is 14.1. The van der Waals surface area contributed by atoms with Crippen LogP contribution in [0, 0.1) is 0 Å². The van der Waals surface area contributed by atoms with E-state index in [4.69, 9.17) is 15.0 Å². The lowest BCUT2D eigenvalue weighted by Gasteiger charge is -2.11. The van der Waals surface area contributed by atoms with Crippen molar-refractivity contribution in [1.82, 2.24) is 24.1 Å². The molecule has 0 unspecified atom stereocenters. The molecule has 0 aliphatic rings. The van der Waals surface area contributed by atoms with E-state index in [1.54, 1.807) is 0 Å². The van der Waals surface area contributed by atoms with Gasteiger partial charge in [-0.2, -0.15) is 9.97 Å². The van der Waals surface area contributed by atoms with E-state index < -0.39 is 0 Å². The first kappa shape index (κ1) is 31.9. The van der Waals surface area contributed by atoms with Gasteiger partial charge in [-0.05, 0) is 70.8 Å². The van der Waals surface area contributed by atoms with Crippen molar-refractivity contribution in [2.24, 2.45) is 0 Å². The number of hydrogen-bond donors (Lipinski definition) is 0. The molecule has 262 valence electrons. The summed E-state index contributed by atoms with van der Waals surface area (Å²) in [7, 11) is 0. The second kappa shape index (κ2) is 13.0. The zero-order chi connectivity index (χ0) is 37.0. The van der Waals surface area contributed by atoms with Gasteiger partial charge in [0.2, 0.25) is 5.95 Å². The van der Waals surface area contributed by atoms with Crippen LogP contribution < -0.4 is 0 Å². The highest BCUT2D eigenvalue weighted by atomic mass is 15.2. The summed E-state index contributed by atoms with van der Waals surface area (Å²) in [6.45, 7) is 0. The number of para-hydroxylation sites is 3. The van der Waals surface area contributed by atoms with Gasteiger partial charge in [0.1, 0.15) is 0 Å². The summed E-state index contributed by atoms with van der Waals surface area (Å²) >= 11 is 0. The number of fused-ring (bicyclic) bond motifs is 6. The largest absolute Gasteiger partial charge is 0.309 e. The second-order valence-electron chi connectivity index (χ2n) is 14.1. The lowest BCUT2D eigenvalue weighted by Crippen LogP contribution is -2.06. The van der Waals surface area contributed by atoms with Crippen molar-refractivity contribution in [3.63, 3.8) is 0 Å². The maximum Gasteiger partial charge on any atom is 0.238 e. The smallest absolute Gasteiger partial charge is 0.238 e. The molecule has 0 amide bonds. The molecule has 0 aliphatic carbocycles.